The monoisotopic (exact) mass is 656 g/mol. The van der Waals surface area contributed by atoms with Gasteiger partial charge in [0.25, 0.3) is 0 Å². The van der Waals surface area contributed by atoms with Crippen molar-refractivity contribution >= 4 is 28.6 Å². The minimum Gasteiger partial charge on any atom is -0.468 e. The second kappa shape index (κ2) is 16.9. The van der Waals surface area contributed by atoms with Crippen LogP contribution in [0.4, 0.5) is 0 Å². The van der Waals surface area contributed by atoms with E-state index < -0.39 is 29.5 Å². The third-order valence-corrected chi connectivity index (χ3v) is 9.36. The first kappa shape index (κ1) is 35.3. The molecular weight excluding hydrogens is 608 g/mol. The second-order valence-electron chi connectivity index (χ2n) is 12.7. The van der Waals surface area contributed by atoms with Crippen molar-refractivity contribution in [2.24, 2.45) is 11.3 Å². The van der Waals surface area contributed by atoms with E-state index in [1.165, 1.54) is 7.11 Å². The standard InChI is InChI=1S/C39H48N2O7/c1-4-5-20-46-21-12-19-40-36(42)22-32-24-39(38(44)45-3)28(2)48-33(27-47-26-29-13-7-6-8-14-29)23-35(39)41(37(32)43)25-31-17-11-16-30-15-9-10-18-34(30)31/h6-11,13-18,23,28,32-33H,4-5,12,19-22,24-27H2,1-3H3,(H,40,42)/t28-,32+,33-,39+/m1/s1. The predicted octanol–water partition coefficient (Wildman–Crippen LogP) is 5.95. The number of esters is 1. The van der Waals surface area contributed by atoms with Crippen molar-refractivity contribution in [1.29, 1.82) is 0 Å². The van der Waals surface area contributed by atoms with Crippen molar-refractivity contribution in [3.8, 4) is 0 Å². The summed E-state index contributed by atoms with van der Waals surface area (Å²) in [4.78, 5) is 43.2. The zero-order chi connectivity index (χ0) is 33.9. The van der Waals surface area contributed by atoms with Gasteiger partial charge >= 0.3 is 5.97 Å². The number of fused-ring (bicyclic) bond motifs is 2. The number of methoxy groups -OCH3 is 1. The molecule has 1 saturated heterocycles. The van der Waals surface area contributed by atoms with E-state index in [0.717, 1.165) is 34.7 Å². The van der Waals surface area contributed by atoms with Crippen LogP contribution < -0.4 is 5.32 Å². The molecule has 2 heterocycles. The molecule has 4 atom stereocenters. The molecule has 2 amide bonds. The van der Waals surface area contributed by atoms with Crippen LogP contribution in [0.25, 0.3) is 10.8 Å². The average Bonchev–Trinajstić information content (AvgIpc) is 3.10. The number of rotatable bonds is 16. The topological polar surface area (TPSA) is 103 Å². The van der Waals surface area contributed by atoms with Gasteiger partial charge in [0.2, 0.25) is 11.8 Å². The van der Waals surface area contributed by atoms with E-state index in [4.69, 9.17) is 18.9 Å². The molecular formula is C39H48N2O7. The molecule has 0 aromatic heterocycles. The van der Waals surface area contributed by atoms with E-state index >= 15 is 0 Å². The molecule has 0 saturated carbocycles. The van der Waals surface area contributed by atoms with Gasteiger partial charge in [-0.25, -0.2) is 0 Å². The van der Waals surface area contributed by atoms with Crippen LogP contribution in [0, 0.1) is 11.3 Å². The zero-order valence-electron chi connectivity index (χ0n) is 28.3. The number of unbranched alkanes of at least 4 members (excludes halogenated alkanes) is 1. The Labute approximate surface area is 283 Å². The molecule has 0 aliphatic carbocycles. The molecule has 0 spiro atoms. The summed E-state index contributed by atoms with van der Waals surface area (Å²) in [5.41, 5.74) is 1.22. The average molecular weight is 657 g/mol. The van der Waals surface area contributed by atoms with E-state index in [0.29, 0.717) is 38.5 Å². The fourth-order valence-electron chi connectivity index (χ4n) is 6.83. The van der Waals surface area contributed by atoms with Crippen LogP contribution in [0.1, 0.15) is 57.1 Å². The highest BCUT2D eigenvalue weighted by Crippen LogP contribution is 2.51. The Kier molecular flexibility index (Phi) is 12.4. The Morgan fingerprint density at radius 3 is 2.52 bits per heavy atom. The number of carbonyl (C=O) groups is 3. The Balaban J connectivity index is 1.42. The second-order valence-corrected chi connectivity index (χ2v) is 12.7. The number of hydrogen-bond donors (Lipinski definition) is 1. The summed E-state index contributed by atoms with van der Waals surface area (Å²) in [6.07, 6.45) is 3.50. The van der Waals surface area contributed by atoms with Crippen molar-refractivity contribution in [3.63, 3.8) is 0 Å². The molecule has 0 unspecified atom stereocenters. The lowest BCUT2D eigenvalue weighted by molar-refractivity contribution is -0.178. The number of piperidine rings is 1. The van der Waals surface area contributed by atoms with E-state index in [-0.39, 0.29) is 37.8 Å². The molecule has 3 aromatic carbocycles. The first-order valence-corrected chi connectivity index (χ1v) is 17.1. The van der Waals surface area contributed by atoms with Gasteiger partial charge in [0.15, 0.2) is 0 Å². The number of carbonyl (C=O) groups excluding carboxylic acids is 3. The van der Waals surface area contributed by atoms with Gasteiger partial charge in [-0.15, -0.1) is 0 Å². The summed E-state index contributed by atoms with van der Waals surface area (Å²) in [6, 6.07) is 23.9. The Bertz CT molecular complexity index is 1570. The van der Waals surface area contributed by atoms with Crippen molar-refractivity contribution in [2.75, 3.05) is 33.5 Å². The molecule has 9 nitrogen and oxygen atoms in total. The molecule has 9 heteroatoms. The molecule has 2 aliphatic rings. The van der Waals surface area contributed by atoms with E-state index in [1.807, 2.05) is 85.8 Å². The number of nitrogens with zero attached hydrogens (tertiary/aromatic N) is 1. The van der Waals surface area contributed by atoms with Crippen LogP contribution in [-0.2, 0) is 46.5 Å². The highest BCUT2D eigenvalue weighted by Gasteiger charge is 2.59. The summed E-state index contributed by atoms with van der Waals surface area (Å²) < 4.78 is 23.5. The lowest BCUT2D eigenvalue weighted by Gasteiger charge is -2.51. The summed E-state index contributed by atoms with van der Waals surface area (Å²) >= 11 is 0. The Hall–Kier alpha value is -4.05. The van der Waals surface area contributed by atoms with Crippen LogP contribution >= 0.6 is 0 Å². The molecule has 2 aliphatic heterocycles. The van der Waals surface area contributed by atoms with Gasteiger partial charge in [-0.2, -0.15) is 0 Å². The summed E-state index contributed by atoms with van der Waals surface area (Å²) in [5.74, 6) is -1.69. The third-order valence-electron chi connectivity index (χ3n) is 9.36. The quantitative estimate of drug-likeness (QED) is 0.150. The first-order valence-electron chi connectivity index (χ1n) is 17.1. The fraction of sp³-hybridized carbons (Fsp3) is 0.462. The van der Waals surface area contributed by atoms with Gasteiger partial charge in [-0.1, -0.05) is 86.1 Å². The van der Waals surface area contributed by atoms with Gasteiger partial charge in [-0.05, 0) is 54.2 Å². The molecule has 0 radical (unpaired) electrons. The van der Waals surface area contributed by atoms with E-state index in [2.05, 4.69) is 12.2 Å². The van der Waals surface area contributed by atoms with Crippen LogP contribution in [0.5, 0.6) is 0 Å². The fourth-order valence-corrected chi connectivity index (χ4v) is 6.83. The number of nitrogens with one attached hydrogen (secondary N) is 1. The molecule has 3 aromatic rings. The number of benzene rings is 3. The van der Waals surface area contributed by atoms with Crippen molar-refractivity contribution in [2.45, 2.75) is 71.3 Å². The number of amides is 2. The lowest BCUT2D eigenvalue weighted by Crippen LogP contribution is -2.60. The van der Waals surface area contributed by atoms with Crippen LogP contribution in [0.3, 0.4) is 0 Å². The Morgan fingerprint density at radius 1 is 0.979 bits per heavy atom. The predicted molar refractivity (Wildman–Crippen MR) is 184 cm³/mol. The smallest absolute Gasteiger partial charge is 0.320 e. The maximum atomic E-state index is 14.5. The highest BCUT2D eigenvalue weighted by molar-refractivity contribution is 5.93. The highest BCUT2D eigenvalue weighted by atomic mass is 16.6. The SMILES string of the molecule is CCCCOCCCNC(=O)C[C@H]1C[C@@]2(C(=O)OC)C(=C[C@H](COCc3ccccc3)O[C@@H]2C)N(Cc2cccc3ccccc23)C1=O. The summed E-state index contributed by atoms with van der Waals surface area (Å²) in [5, 5.41) is 5.01. The third kappa shape index (κ3) is 8.14. The van der Waals surface area contributed by atoms with Gasteiger partial charge in [-0.3, -0.25) is 14.4 Å². The minimum atomic E-state index is -1.29. The number of hydrogen-bond acceptors (Lipinski definition) is 7. The van der Waals surface area contributed by atoms with Crippen LogP contribution in [0.15, 0.2) is 84.6 Å². The molecule has 1 fully saturated rings. The molecule has 1 N–H and O–H groups in total. The van der Waals surface area contributed by atoms with Crippen molar-refractivity contribution in [1.82, 2.24) is 10.2 Å². The van der Waals surface area contributed by atoms with Gasteiger partial charge in [0.05, 0.1) is 33.0 Å². The van der Waals surface area contributed by atoms with E-state index in [9.17, 15) is 14.4 Å². The van der Waals surface area contributed by atoms with Crippen molar-refractivity contribution < 1.29 is 33.3 Å². The van der Waals surface area contributed by atoms with Gasteiger partial charge in [0, 0.05) is 37.8 Å². The van der Waals surface area contributed by atoms with Crippen LogP contribution in [-0.4, -0.2) is 68.4 Å². The number of likely N-dealkylation sites (tertiary alicyclic amines) is 1. The van der Waals surface area contributed by atoms with Gasteiger partial charge < -0.3 is 29.2 Å². The normalized spacial score (nSPS) is 22.2. The maximum Gasteiger partial charge on any atom is 0.320 e. The molecule has 0 bridgehead atoms. The Morgan fingerprint density at radius 2 is 1.73 bits per heavy atom. The lowest BCUT2D eigenvalue weighted by atomic mass is 9.66. The van der Waals surface area contributed by atoms with Crippen LogP contribution in [0.2, 0.25) is 0 Å². The summed E-state index contributed by atoms with van der Waals surface area (Å²) in [7, 11) is 1.35. The molecule has 5 rings (SSSR count). The maximum absolute atomic E-state index is 14.5. The molecule has 48 heavy (non-hydrogen) atoms. The van der Waals surface area contributed by atoms with Gasteiger partial charge in [0.1, 0.15) is 11.5 Å². The zero-order valence-corrected chi connectivity index (χ0v) is 28.3. The summed E-state index contributed by atoms with van der Waals surface area (Å²) in [6.45, 7) is 6.54. The first-order chi connectivity index (χ1) is 23.4. The number of ether oxygens (including phenoxy) is 4. The molecule has 256 valence electrons. The van der Waals surface area contributed by atoms with Crippen molar-refractivity contribution in [3.05, 3.63) is 95.7 Å². The largest absolute Gasteiger partial charge is 0.468 e. The minimum absolute atomic E-state index is 0.0517. The van der Waals surface area contributed by atoms with E-state index in [1.54, 1.807) is 4.90 Å².